The van der Waals surface area contributed by atoms with E-state index in [9.17, 15) is 9.90 Å². The molecule has 3 rings (SSSR count). The Balaban J connectivity index is 1.72. The first-order valence-electron chi connectivity index (χ1n) is 6.72. The second kappa shape index (κ2) is 5.19. The topological polar surface area (TPSA) is 74.2 Å². The van der Waals surface area contributed by atoms with E-state index in [-0.39, 0.29) is 12.5 Å². The van der Waals surface area contributed by atoms with E-state index in [2.05, 4.69) is 15.6 Å². The summed E-state index contributed by atoms with van der Waals surface area (Å²) in [5.41, 5.74) is 0.622. The van der Waals surface area contributed by atoms with Crippen LogP contribution in [0.25, 0.3) is 10.9 Å². The van der Waals surface area contributed by atoms with E-state index in [0.717, 1.165) is 17.4 Å². The molecule has 0 spiro atoms. The molecule has 104 valence electrons. The van der Waals surface area contributed by atoms with Crippen LogP contribution in [0, 0.1) is 0 Å². The van der Waals surface area contributed by atoms with Gasteiger partial charge in [-0.2, -0.15) is 0 Å². The highest BCUT2D eigenvalue weighted by molar-refractivity contribution is 5.97. The van der Waals surface area contributed by atoms with Crippen molar-refractivity contribution >= 4 is 16.8 Å². The van der Waals surface area contributed by atoms with E-state index in [4.69, 9.17) is 0 Å². The van der Waals surface area contributed by atoms with Gasteiger partial charge in [-0.3, -0.25) is 9.78 Å². The van der Waals surface area contributed by atoms with Crippen molar-refractivity contribution in [2.75, 3.05) is 19.6 Å². The van der Waals surface area contributed by atoms with Gasteiger partial charge in [-0.15, -0.1) is 0 Å². The van der Waals surface area contributed by atoms with Crippen molar-refractivity contribution in [3.05, 3.63) is 42.1 Å². The number of amides is 1. The van der Waals surface area contributed by atoms with Gasteiger partial charge < -0.3 is 15.7 Å². The number of nitrogens with one attached hydrogen (secondary N) is 2. The normalized spacial score (nSPS) is 22.1. The van der Waals surface area contributed by atoms with Crippen LogP contribution in [0.2, 0.25) is 0 Å². The summed E-state index contributed by atoms with van der Waals surface area (Å²) in [7, 11) is 0. The molecule has 1 aromatic heterocycles. The van der Waals surface area contributed by atoms with Crippen LogP contribution >= 0.6 is 0 Å². The zero-order chi connectivity index (χ0) is 14.0. The van der Waals surface area contributed by atoms with Crippen LogP contribution in [-0.2, 0) is 0 Å². The Morgan fingerprint density at radius 3 is 3.15 bits per heavy atom. The quantitative estimate of drug-likeness (QED) is 0.768. The van der Waals surface area contributed by atoms with E-state index in [1.807, 2.05) is 24.3 Å². The molecule has 5 heteroatoms. The average Bonchev–Trinajstić information content (AvgIpc) is 2.91. The first-order chi connectivity index (χ1) is 9.66. The fourth-order valence-electron chi connectivity index (χ4n) is 2.45. The van der Waals surface area contributed by atoms with Gasteiger partial charge in [-0.05, 0) is 37.2 Å². The molecule has 0 unspecified atom stereocenters. The Labute approximate surface area is 117 Å². The number of fused-ring (bicyclic) bond motifs is 1. The van der Waals surface area contributed by atoms with Gasteiger partial charge >= 0.3 is 0 Å². The molecule has 2 heterocycles. The van der Waals surface area contributed by atoms with Crippen molar-refractivity contribution in [3.63, 3.8) is 0 Å². The van der Waals surface area contributed by atoms with Gasteiger partial charge in [0.05, 0.1) is 11.1 Å². The monoisotopic (exact) mass is 271 g/mol. The molecule has 2 aromatic rings. The lowest BCUT2D eigenvalue weighted by Crippen LogP contribution is -2.44. The first-order valence-corrected chi connectivity index (χ1v) is 6.72. The fraction of sp³-hybridized carbons (Fsp3) is 0.333. The van der Waals surface area contributed by atoms with Crippen LogP contribution < -0.4 is 10.6 Å². The van der Waals surface area contributed by atoms with Crippen molar-refractivity contribution in [2.24, 2.45) is 0 Å². The number of hydrogen-bond acceptors (Lipinski definition) is 4. The van der Waals surface area contributed by atoms with Gasteiger partial charge in [0.25, 0.3) is 5.91 Å². The van der Waals surface area contributed by atoms with E-state index in [1.54, 1.807) is 12.3 Å². The number of nitrogens with zero attached hydrogens (tertiary/aromatic N) is 1. The highest BCUT2D eigenvalue weighted by atomic mass is 16.3. The Hall–Kier alpha value is -1.98. The Morgan fingerprint density at radius 2 is 2.35 bits per heavy atom. The molecule has 0 saturated carbocycles. The molecule has 3 N–H and O–H groups in total. The number of aliphatic hydroxyl groups is 1. The van der Waals surface area contributed by atoms with E-state index in [1.165, 1.54) is 0 Å². The number of rotatable bonds is 3. The minimum Gasteiger partial charge on any atom is -0.387 e. The predicted molar refractivity (Wildman–Crippen MR) is 76.5 cm³/mol. The minimum atomic E-state index is -0.825. The molecule has 1 amide bonds. The number of carbonyl (C=O) groups is 1. The first kappa shape index (κ1) is 13.0. The molecule has 0 radical (unpaired) electrons. The van der Waals surface area contributed by atoms with Gasteiger partial charge in [-0.25, -0.2) is 0 Å². The Bertz CT molecular complexity index is 636. The van der Waals surface area contributed by atoms with Crippen molar-refractivity contribution in [3.8, 4) is 0 Å². The lowest BCUT2D eigenvalue weighted by molar-refractivity contribution is 0.0562. The molecule has 5 nitrogen and oxygen atoms in total. The molecule has 1 aromatic carbocycles. The smallest absolute Gasteiger partial charge is 0.251 e. The number of β-amino-alcohol motifs (C(OH)–C–C–N with tert-alkyl or cyclic N) is 1. The van der Waals surface area contributed by atoms with Crippen LogP contribution in [-0.4, -0.2) is 41.2 Å². The molecule has 1 saturated heterocycles. The molecule has 0 aliphatic carbocycles. The van der Waals surface area contributed by atoms with Crippen LogP contribution in [0.1, 0.15) is 16.8 Å². The molecule has 20 heavy (non-hydrogen) atoms. The molecule has 1 aliphatic rings. The van der Waals surface area contributed by atoms with Gasteiger partial charge in [-0.1, -0.05) is 6.07 Å². The number of carbonyl (C=O) groups excluding carboxylic acids is 1. The largest absolute Gasteiger partial charge is 0.387 e. The number of hydrogen-bond donors (Lipinski definition) is 3. The van der Waals surface area contributed by atoms with Crippen molar-refractivity contribution < 1.29 is 9.90 Å². The molecule has 0 bridgehead atoms. The van der Waals surface area contributed by atoms with Crippen LogP contribution in [0.4, 0.5) is 0 Å². The highest BCUT2D eigenvalue weighted by Gasteiger charge is 2.31. The summed E-state index contributed by atoms with van der Waals surface area (Å²) in [4.78, 5) is 16.3. The zero-order valence-electron chi connectivity index (χ0n) is 11.1. The molecule has 1 atom stereocenters. The van der Waals surface area contributed by atoms with Gasteiger partial charge in [0.15, 0.2) is 0 Å². The van der Waals surface area contributed by atoms with E-state index >= 15 is 0 Å². The number of pyridine rings is 1. The zero-order valence-corrected chi connectivity index (χ0v) is 11.1. The second-order valence-electron chi connectivity index (χ2n) is 5.24. The predicted octanol–water partition coefficient (Wildman–Crippen LogP) is 0.689. The van der Waals surface area contributed by atoms with Crippen molar-refractivity contribution in [1.29, 1.82) is 0 Å². The van der Waals surface area contributed by atoms with E-state index < -0.39 is 5.60 Å². The minimum absolute atomic E-state index is 0.170. The summed E-state index contributed by atoms with van der Waals surface area (Å²) in [5, 5.41) is 17.0. The highest BCUT2D eigenvalue weighted by Crippen LogP contribution is 2.15. The third-order valence-corrected chi connectivity index (χ3v) is 3.66. The summed E-state index contributed by atoms with van der Waals surface area (Å²) < 4.78 is 0. The molecular weight excluding hydrogens is 254 g/mol. The van der Waals surface area contributed by atoms with Crippen LogP contribution in [0.15, 0.2) is 36.5 Å². The molecule has 1 fully saturated rings. The summed E-state index contributed by atoms with van der Waals surface area (Å²) in [6.45, 7) is 1.58. The number of benzene rings is 1. The summed E-state index contributed by atoms with van der Waals surface area (Å²) in [5.74, 6) is -0.170. The summed E-state index contributed by atoms with van der Waals surface area (Å²) >= 11 is 0. The standard InChI is InChI=1S/C15H17N3O2/c19-14(18-10-15(20)5-7-16-9-15)12-3-4-13-11(8-12)2-1-6-17-13/h1-4,6,8,16,20H,5,7,9-10H2,(H,18,19)/t15-/m0/s1. The third kappa shape index (κ3) is 2.64. The summed E-state index contributed by atoms with van der Waals surface area (Å²) in [6, 6.07) is 9.16. The molecule has 1 aliphatic heterocycles. The van der Waals surface area contributed by atoms with Crippen molar-refractivity contribution in [1.82, 2.24) is 15.6 Å². The Kier molecular flexibility index (Phi) is 3.38. The third-order valence-electron chi connectivity index (χ3n) is 3.66. The van der Waals surface area contributed by atoms with Gasteiger partial charge in [0, 0.05) is 30.2 Å². The maximum Gasteiger partial charge on any atom is 0.251 e. The number of aromatic nitrogens is 1. The van der Waals surface area contributed by atoms with Crippen LogP contribution in [0.5, 0.6) is 0 Å². The second-order valence-corrected chi connectivity index (χ2v) is 5.24. The lowest BCUT2D eigenvalue weighted by Gasteiger charge is -2.21. The van der Waals surface area contributed by atoms with Crippen LogP contribution in [0.3, 0.4) is 0 Å². The summed E-state index contributed by atoms with van der Waals surface area (Å²) in [6.07, 6.45) is 2.39. The maximum absolute atomic E-state index is 12.1. The van der Waals surface area contributed by atoms with Crippen molar-refractivity contribution in [2.45, 2.75) is 12.0 Å². The Morgan fingerprint density at radius 1 is 1.45 bits per heavy atom. The van der Waals surface area contributed by atoms with E-state index in [0.29, 0.717) is 18.5 Å². The van der Waals surface area contributed by atoms with Gasteiger partial charge in [0.1, 0.15) is 0 Å². The maximum atomic E-state index is 12.1. The SMILES string of the molecule is O=C(NC[C@]1(O)CCNC1)c1ccc2ncccc2c1. The average molecular weight is 271 g/mol. The molecular formula is C15H17N3O2. The lowest BCUT2D eigenvalue weighted by atomic mass is 10.0. The van der Waals surface area contributed by atoms with Gasteiger partial charge in [0.2, 0.25) is 0 Å². The fourth-order valence-corrected chi connectivity index (χ4v) is 2.45.